The third-order valence-corrected chi connectivity index (χ3v) is 2.39. The Bertz CT molecular complexity index is 479. The van der Waals surface area contributed by atoms with E-state index in [1.807, 2.05) is 0 Å². The predicted molar refractivity (Wildman–Crippen MR) is 70.7 cm³/mol. The van der Waals surface area contributed by atoms with Crippen LogP contribution in [0.5, 0.6) is 0 Å². The van der Waals surface area contributed by atoms with Gasteiger partial charge in [0.05, 0.1) is 12.7 Å². The Hall–Kier alpha value is -2.15. The van der Waals surface area contributed by atoms with Gasteiger partial charge in [-0.2, -0.15) is 0 Å². The summed E-state index contributed by atoms with van der Waals surface area (Å²) in [5.41, 5.74) is 0.232. The first-order valence-corrected chi connectivity index (χ1v) is 6.11. The number of amides is 2. The molecular formula is C13H17FN2O4. The molecule has 0 aromatic heterocycles. The average Bonchev–Trinajstić information content (AvgIpc) is 2.35. The Labute approximate surface area is 115 Å². The number of hydrogen-bond acceptors (Lipinski definition) is 4. The highest BCUT2D eigenvalue weighted by molar-refractivity contribution is 5.92. The van der Waals surface area contributed by atoms with Crippen molar-refractivity contribution < 1.29 is 23.8 Å². The number of carbonyl (C=O) groups is 2. The zero-order chi connectivity index (χ0) is 15.1. The molecule has 0 saturated heterocycles. The summed E-state index contributed by atoms with van der Waals surface area (Å²) in [7, 11) is 0. The molecule has 0 heterocycles. The van der Waals surface area contributed by atoms with E-state index in [1.165, 1.54) is 25.1 Å². The number of anilines is 1. The molecule has 0 saturated carbocycles. The largest absolute Gasteiger partial charge is 0.464 e. The molecule has 0 radical (unpaired) electrons. The molecule has 1 rings (SSSR count). The van der Waals surface area contributed by atoms with Crippen molar-refractivity contribution >= 4 is 17.7 Å². The molecule has 7 heteroatoms. The monoisotopic (exact) mass is 284 g/mol. The van der Waals surface area contributed by atoms with E-state index >= 15 is 0 Å². The first kappa shape index (κ1) is 15.9. The summed E-state index contributed by atoms with van der Waals surface area (Å²) in [6.07, 6.45) is -1.12. The molecule has 0 bridgehead atoms. The van der Waals surface area contributed by atoms with Gasteiger partial charge in [0.1, 0.15) is 5.82 Å². The molecule has 110 valence electrons. The van der Waals surface area contributed by atoms with Gasteiger partial charge < -0.3 is 20.5 Å². The van der Waals surface area contributed by atoms with Crippen LogP contribution in [-0.2, 0) is 9.53 Å². The Balaban J connectivity index is 2.65. The second kappa shape index (κ2) is 7.44. The molecule has 20 heavy (non-hydrogen) atoms. The molecule has 0 spiro atoms. The maximum absolute atomic E-state index is 13.0. The Morgan fingerprint density at radius 1 is 1.45 bits per heavy atom. The zero-order valence-corrected chi connectivity index (χ0v) is 11.2. The summed E-state index contributed by atoms with van der Waals surface area (Å²) in [6, 6.07) is 3.35. The van der Waals surface area contributed by atoms with Gasteiger partial charge >= 0.3 is 12.0 Å². The van der Waals surface area contributed by atoms with Crippen molar-refractivity contribution in [1.82, 2.24) is 5.32 Å². The summed E-state index contributed by atoms with van der Waals surface area (Å²) in [4.78, 5) is 23.2. The van der Waals surface area contributed by atoms with E-state index in [1.54, 1.807) is 6.92 Å². The van der Waals surface area contributed by atoms with Gasteiger partial charge in [-0.05, 0) is 32.0 Å². The van der Waals surface area contributed by atoms with Gasteiger partial charge in [-0.25, -0.2) is 14.0 Å². The summed E-state index contributed by atoms with van der Waals surface area (Å²) in [5.74, 6) is -1.24. The lowest BCUT2D eigenvalue weighted by Gasteiger charge is -2.19. The van der Waals surface area contributed by atoms with E-state index in [0.717, 1.165) is 6.07 Å². The van der Waals surface area contributed by atoms with Crippen LogP contribution in [0.25, 0.3) is 0 Å². The lowest BCUT2D eigenvalue weighted by atomic mass is 10.2. The number of halogens is 1. The number of hydrogen-bond donors (Lipinski definition) is 3. The van der Waals surface area contributed by atoms with Crippen molar-refractivity contribution in [2.45, 2.75) is 26.0 Å². The third-order valence-electron chi connectivity index (χ3n) is 2.39. The molecule has 0 aliphatic heterocycles. The number of esters is 1. The van der Waals surface area contributed by atoms with E-state index in [9.17, 15) is 19.1 Å². The Kier molecular flexibility index (Phi) is 5.92. The summed E-state index contributed by atoms with van der Waals surface area (Å²) in [6.45, 7) is 3.10. The predicted octanol–water partition coefficient (Wildman–Crippen LogP) is 1.26. The fraction of sp³-hybridized carbons (Fsp3) is 0.385. The molecule has 0 aliphatic rings. The SMILES string of the molecule is CCOC(=O)C(NC(=O)Nc1cccc(F)c1)C(C)O. The topological polar surface area (TPSA) is 87.7 Å². The molecule has 0 aliphatic carbocycles. The first-order chi connectivity index (χ1) is 9.43. The van der Waals surface area contributed by atoms with Crippen molar-refractivity contribution in [3.8, 4) is 0 Å². The minimum absolute atomic E-state index is 0.134. The molecule has 3 N–H and O–H groups in total. The molecule has 0 fully saturated rings. The minimum atomic E-state index is -1.19. The van der Waals surface area contributed by atoms with E-state index in [-0.39, 0.29) is 12.3 Å². The number of aliphatic hydroxyl groups is 1. The third kappa shape index (κ3) is 4.85. The van der Waals surface area contributed by atoms with Crippen LogP contribution in [-0.4, -0.2) is 35.9 Å². The smallest absolute Gasteiger partial charge is 0.331 e. The quantitative estimate of drug-likeness (QED) is 0.710. The number of carbonyl (C=O) groups excluding carboxylic acids is 2. The normalized spacial score (nSPS) is 13.2. The number of aliphatic hydroxyl groups excluding tert-OH is 1. The Morgan fingerprint density at radius 3 is 2.70 bits per heavy atom. The van der Waals surface area contributed by atoms with Crippen molar-refractivity contribution in [1.29, 1.82) is 0 Å². The minimum Gasteiger partial charge on any atom is -0.464 e. The fourth-order valence-corrected chi connectivity index (χ4v) is 1.48. The molecular weight excluding hydrogens is 267 g/mol. The van der Waals surface area contributed by atoms with Crippen molar-refractivity contribution in [2.75, 3.05) is 11.9 Å². The van der Waals surface area contributed by atoms with Gasteiger partial charge in [0.2, 0.25) is 0 Å². The van der Waals surface area contributed by atoms with Crippen LogP contribution in [0.3, 0.4) is 0 Å². The van der Waals surface area contributed by atoms with Crippen LogP contribution < -0.4 is 10.6 Å². The molecule has 2 unspecified atom stereocenters. The van der Waals surface area contributed by atoms with Gasteiger partial charge in [0, 0.05) is 5.69 Å². The lowest BCUT2D eigenvalue weighted by Crippen LogP contribution is -2.49. The van der Waals surface area contributed by atoms with E-state index < -0.39 is 30.0 Å². The van der Waals surface area contributed by atoms with Crippen molar-refractivity contribution in [3.63, 3.8) is 0 Å². The highest BCUT2D eigenvalue weighted by Gasteiger charge is 2.26. The molecule has 1 aromatic rings. The van der Waals surface area contributed by atoms with Crippen LogP contribution in [0.15, 0.2) is 24.3 Å². The van der Waals surface area contributed by atoms with Crippen LogP contribution in [0.2, 0.25) is 0 Å². The van der Waals surface area contributed by atoms with Crippen LogP contribution in [0.4, 0.5) is 14.9 Å². The number of rotatable bonds is 5. The molecule has 2 amide bonds. The van der Waals surface area contributed by atoms with Crippen LogP contribution in [0.1, 0.15) is 13.8 Å². The molecule has 1 aromatic carbocycles. The summed E-state index contributed by atoms with van der Waals surface area (Å²) < 4.78 is 17.7. The number of urea groups is 1. The zero-order valence-electron chi connectivity index (χ0n) is 11.2. The van der Waals surface area contributed by atoms with Gasteiger partial charge in [0.15, 0.2) is 6.04 Å². The van der Waals surface area contributed by atoms with Crippen LogP contribution in [0, 0.1) is 5.82 Å². The Morgan fingerprint density at radius 2 is 2.15 bits per heavy atom. The van der Waals surface area contributed by atoms with Gasteiger partial charge in [-0.3, -0.25) is 0 Å². The van der Waals surface area contributed by atoms with Gasteiger partial charge in [0.25, 0.3) is 0 Å². The van der Waals surface area contributed by atoms with E-state index in [4.69, 9.17) is 4.74 Å². The van der Waals surface area contributed by atoms with E-state index in [2.05, 4.69) is 10.6 Å². The van der Waals surface area contributed by atoms with Gasteiger partial charge in [-0.1, -0.05) is 6.07 Å². The second-order valence-corrected chi connectivity index (χ2v) is 4.08. The van der Waals surface area contributed by atoms with E-state index in [0.29, 0.717) is 0 Å². The van der Waals surface area contributed by atoms with Crippen molar-refractivity contribution in [2.24, 2.45) is 0 Å². The number of nitrogens with one attached hydrogen (secondary N) is 2. The lowest BCUT2D eigenvalue weighted by molar-refractivity contribution is -0.147. The summed E-state index contributed by atoms with van der Waals surface area (Å²) in [5, 5.41) is 14.1. The maximum atomic E-state index is 13.0. The standard InChI is InChI=1S/C13H17FN2O4/c1-3-20-12(18)11(8(2)17)16-13(19)15-10-6-4-5-9(14)7-10/h4-8,11,17H,3H2,1-2H3,(H2,15,16,19). The number of ether oxygens (including phenoxy) is 1. The average molecular weight is 284 g/mol. The molecule has 6 nitrogen and oxygen atoms in total. The highest BCUT2D eigenvalue weighted by atomic mass is 19.1. The first-order valence-electron chi connectivity index (χ1n) is 6.11. The van der Waals surface area contributed by atoms with Gasteiger partial charge in [-0.15, -0.1) is 0 Å². The number of benzene rings is 1. The second-order valence-electron chi connectivity index (χ2n) is 4.08. The molecule has 2 atom stereocenters. The van der Waals surface area contributed by atoms with Crippen LogP contribution >= 0.6 is 0 Å². The summed E-state index contributed by atoms with van der Waals surface area (Å²) >= 11 is 0. The van der Waals surface area contributed by atoms with Crippen molar-refractivity contribution in [3.05, 3.63) is 30.1 Å². The highest BCUT2D eigenvalue weighted by Crippen LogP contribution is 2.09. The maximum Gasteiger partial charge on any atom is 0.331 e. The fourth-order valence-electron chi connectivity index (χ4n) is 1.48.